The van der Waals surface area contributed by atoms with E-state index in [0.29, 0.717) is 46.6 Å². The molecule has 0 aromatic heterocycles. The lowest BCUT2D eigenvalue weighted by Gasteiger charge is -2.33. The fourth-order valence-corrected chi connectivity index (χ4v) is 4.21. The monoisotopic (exact) mass is 454 g/mol. The normalized spacial score (nSPS) is 19.7. The van der Waals surface area contributed by atoms with Crippen LogP contribution in [0.4, 0.5) is 4.79 Å². The molecule has 0 aliphatic carbocycles. The highest BCUT2D eigenvalue weighted by Gasteiger charge is 2.46. The highest BCUT2D eigenvalue weighted by atomic mass is 35.5. The van der Waals surface area contributed by atoms with E-state index in [1.807, 2.05) is 6.92 Å². The average Bonchev–Trinajstić information content (AvgIpc) is 3.04. The number of urea groups is 1. The van der Waals surface area contributed by atoms with Gasteiger partial charge < -0.3 is 20.3 Å². The van der Waals surface area contributed by atoms with Gasteiger partial charge in [0.15, 0.2) is 0 Å². The molecule has 162 valence electrons. The van der Waals surface area contributed by atoms with Gasteiger partial charge in [0.2, 0.25) is 5.91 Å². The fourth-order valence-electron chi connectivity index (χ4n) is 3.70. The number of methoxy groups -OCH3 is 1. The number of halogens is 2. The van der Waals surface area contributed by atoms with Crippen molar-refractivity contribution in [2.24, 2.45) is 0 Å². The molecule has 3 rings (SSSR count). The first-order valence-corrected chi connectivity index (χ1v) is 10.4. The summed E-state index contributed by atoms with van der Waals surface area (Å²) in [6, 6.07) is 3.17. The third kappa shape index (κ3) is 4.12. The molecule has 10 heteroatoms. The Labute approximate surface area is 185 Å². The minimum absolute atomic E-state index is 0.163. The topological polar surface area (TPSA) is 91.0 Å². The first-order chi connectivity index (χ1) is 14.3. The second-order valence-corrected chi connectivity index (χ2v) is 7.89. The summed E-state index contributed by atoms with van der Waals surface area (Å²) in [6.07, 6.45) is 0. The molecule has 1 aromatic rings. The van der Waals surface area contributed by atoms with Gasteiger partial charge >= 0.3 is 6.03 Å². The third-order valence-corrected chi connectivity index (χ3v) is 5.85. The van der Waals surface area contributed by atoms with Crippen LogP contribution in [0.2, 0.25) is 10.0 Å². The Morgan fingerprint density at radius 1 is 1.37 bits per heavy atom. The Bertz CT molecular complexity index is 905. The van der Waals surface area contributed by atoms with E-state index < -0.39 is 12.1 Å². The number of amides is 4. The second-order valence-electron chi connectivity index (χ2n) is 7.05. The van der Waals surface area contributed by atoms with Crippen LogP contribution in [0.25, 0.3) is 0 Å². The van der Waals surface area contributed by atoms with Gasteiger partial charge in [0, 0.05) is 30.2 Å². The van der Waals surface area contributed by atoms with Crippen molar-refractivity contribution in [3.8, 4) is 0 Å². The van der Waals surface area contributed by atoms with Crippen molar-refractivity contribution in [3.63, 3.8) is 0 Å². The number of nitrogens with one attached hydrogen (secondary N) is 2. The lowest BCUT2D eigenvalue weighted by molar-refractivity contribution is -0.135. The van der Waals surface area contributed by atoms with E-state index in [2.05, 4.69) is 10.6 Å². The Morgan fingerprint density at radius 3 is 2.73 bits per heavy atom. The van der Waals surface area contributed by atoms with Crippen LogP contribution in [0.15, 0.2) is 29.5 Å². The molecular formula is C20H24Cl2N4O4. The number of carbonyl (C=O) groups excluding carboxylic acids is 3. The molecule has 2 aliphatic heterocycles. The van der Waals surface area contributed by atoms with Gasteiger partial charge in [-0.2, -0.15) is 0 Å². The quantitative estimate of drug-likeness (QED) is 0.618. The molecule has 8 nitrogen and oxygen atoms in total. The first kappa shape index (κ1) is 22.4. The molecule has 0 bridgehead atoms. The summed E-state index contributed by atoms with van der Waals surface area (Å²) in [5.41, 5.74) is 1.57. The number of carbonyl (C=O) groups is 3. The van der Waals surface area contributed by atoms with Crippen molar-refractivity contribution in [2.75, 3.05) is 33.4 Å². The van der Waals surface area contributed by atoms with Crippen LogP contribution >= 0.6 is 23.2 Å². The SMILES string of the molecule is CCN1C(=O)NC(c2ccc(Cl)cc2Cl)C2=C1CN(C(C)C(=O)NCCOC)C2=O. The Balaban J connectivity index is 1.93. The zero-order valence-electron chi connectivity index (χ0n) is 17.0. The van der Waals surface area contributed by atoms with E-state index in [-0.39, 0.29) is 24.4 Å². The van der Waals surface area contributed by atoms with Gasteiger partial charge in [0.25, 0.3) is 5.91 Å². The van der Waals surface area contributed by atoms with Crippen LogP contribution < -0.4 is 10.6 Å². The van der Waals surface area contributed by atoms with Crippen LogP contribution in [0.5, 0.6) is 0 Å². The molecule has 2 atom stereocenters. The van der Waals surface area contributed by atoms with Crippen LogP contribution in [0, 0.1) is 0 Å². The summed E-state index contributed by atoms with van der Waals surface area (Å²) < 4.78 is 4.94. The maximum atomic E-state index is 13.4. The van der Waals surface area contributed by atoms with Crippen molar-refractivity contribution in [1.29, 1.82) is 0 Å². The molecule has 1 aromatic carbocycles. The van der Waals surface area contributed by atoms with Gasteiger partial charge in [-0.25, -0.2) is 4.79 Å². The molecule has 0 radical (unpaired) electrons. The van der Waals surface area contributed by atoms with Gasteiger partial charge in [-0.3, -0.25) is 14.5 Å². The summed E-state index contributed by atoms with van der Waals surface area (Å²) in [4.78, 5) is 41.6. The van der Waals surface area contributed by atoms with E-state index in [1.54, 1.807) is 32.2 Å². The van der Waals surface area contributed by atoms with Crippen LogP contribution in [-0.2, 0) is 14.3 Å². The van der Waals surface area contributed by atoms with E-state index >= 15 is 0 Å². The van der Waals surface area contributed by atoms with Gasteiger partial charge in [0.05, 0.1) is 30.5 Å². The highest BCUT2D eigenvalue weighted by Crippen LogP contribution is 2.39. The summed E-state index contributed by atoms with van der Waals surface area (Å²) in [5, 5.41) is 6.41. The molecule has 0 spiro atoms. The number of rotatable bonds is 7. The lowest BCUT2D eigenvalue weighted by atomic mass is 9.95. The number of likely N-dealkylation sites (N-methyl/N-ethyl adjacent to an activating group) is 1. The largest absolute Gasteiger partial charge is 0.383 e. The van der Waals surface area contributed by atoms with E-state index in [1.165, 1.54) is 9.80 Å². The Kier molecular flexibility index (Phi) is 6.90. The lowest BCUT2D eigenvalue weighted by Crippen LogP contribution is -2.47. The summed E-state index contributed by atoms with van der Waals surface area (Å²) in [5.74, 6) is -0.600. The Morgan fingerprint density at radius 2 is 2.10 bits per heavy atom. The van der Waals surface area contributed by atoms with Crippen LogP contribution in [0.3, 0.4) is 0 Å². The highest BCUT2D eigenvalue weighted by molar-refractivity contribution is 6.35. The van der Waals surface area contributed by atoms with Crippen LogP contribution in [-0.4, -0.2) is 67.0 Å². The van der Waals surface area contributed by atoms with Crippen molar-refractivity contribution >= 4 is 41.0 Å². The molecule has 0 saturated heterocycles. The van der Waals surface area contributed by atoms with Crippen molar-refractivity contribution in [2.45, 2.75) is 25.9 Å². The van der Waals surface area contributed by atoms with Crippen molar-refractivity contribution < 1.29 is 19.1 Å². The minimum Gasteiger partial charge on any atom is -0.383 e. The first-order valence-electron chi connectivity index (χ1n) is 9.63. The summed E-state index contributed by atoms with van der Waals surface area (Å²) in [7, 11) is 1.54. The van der Waals surface area contributed by atoms with E-state index in [9.17, 15) is 14.4 Å². The minimum atomic E-state index is -0.721. The fraction of sp³-hybridized carbons (Fsp3) is 0.450. The molecule has 0 fully saturated rings. The molecule has 0 saturated carbocycles. The van der Waals surface area contributed by atoms with Crippen molar-refractivity contribution in [3.05, 3.63) is 45.1 Å². The zero-order chi connectivity index (χ0) is 22.0. The van der Waals surface area contributed by atoms with Gasteiger partial charge in [-0.05, 0) is 31.5 Å². The number of benzene rings is 1. The molecule has 2 N–H and O–H groups in total. The van der Waals surface area contributed by atoms with E-state index in [0.717, 1.165) is 0 Å². The van der Waals surface area contributed by atoms with E-state index in [4.69, 9.17) is 27.9 Å². The number of nitrogens with zero attached hydrogens (tertiary/aromatic N) is 2. The summed E-state index contributed by atoms with van der Waals surface area (Å²) in [6.45, 7) is 4.76. The molecule has 4 amide bonds. The number of hydrogen-bond donors (Lipinski definition) is 2. The summed E-state index contributed by atoms with van der Waals surface area (Å²) >= 11 is 12.4. The number of hydrogen-bond acceptors (Lipinski definition) is 4. The Hall–Kier alpha value is -2.29. The number of ether oxygens (including phenoxy) is 1. The molecule has 2 unspecified atom stereocenters. The predicted molar refractivity (Wildman–Crippen MR) is 113 cm³/mol. The molecule has 2 heterocycles. The third-order valence-electron chi connectivity index (χ3n) is 5.29. The molecule has 30 heavy (non-hydrogen) atoms. The molecular weight excluding hydrogens is 431 g/mol. The maximum Gasteiger partial charge on any atom is 0.322 e. The van der Waals surface area contributed by atoms with Crippen molar-refractivity contribution in [1.82, 2.24) is 20.4 Å². The zero-order valence-corrected chi connectivity index (χ0v) is 18.5. The van der Waals surface area contributed by atoms with Crippen LogP contribution in [0.1, 0.15) is 25.5 Å². The van der Waals surface area contributed by atoms with Gasteiger partial charge in [-0.1, -0.05) is 29.3 Å². The second kappa shape index (κ2) is 9.24. The predicted octanol–water partition coefficient (Wildman–Crippen LogP) is 2.33. The molecule has 2 aliphatic rings. The maximum absolute atomic E-state index is 13.4. The standard InChI is InChI=1S/C20H24Cl2N4O4/c1-4-25-15-10-26(11(2)18(27)23-7-8-30-3)19(28)16(15)17(24-20(25)29)13-6-5-12(21)9-14(13)22/h5-6,9,11,17H,4,7-8,10H2,1-3H3,(H,23,27)(H,24,29). The van der Waals surface area contributed by atoms with Gasteiger partial charge in [-0.15, -0.1) is 0 Å². The smallest absolute Gasteiger partial charge is 0.322 e. The average molecular weight is 455 g/mol. The van der Waals surface area contributed by atoms with Gasteiger partial charge in [0.1, 0.15) is 6.04 Å².